The van der Waals surface area contributed by atoms with Crippen LogP contribution in [-0.4, -0.2) is 24.9 Å². The minimum atomic E-state index is -3.16. The Balaban J connectivity index is 2.61. The maximum Gasteiger partial charge on any atom is 0.209 e. The van der Waals surface area contributed by atoms with Crippen molar-refractivity contribution >= 4 is 15.8 Å². The van der Waals surface area contributed by atoms with Crippen LogP contribution in [0, 0.1) is 0 Å². The predicted octanol–water partition coefficient (Wildman–Crippen LogP) is -0.959. The summed E-state index contributed by atoms with van der Waals surface area (Å²) in [4.78, 5) is 0. The number of sulfonamides is 1. The van der Waals surface area contributed by atoms with Gasteiger partial charge in [-0.3, -0.25) is 5.10 Å². The summed E-state index contributed by atoms with van der Waals surface area (Å²) in [5.74, 6) is 0.381. The molecule has 1 rings (SSSR count). The molecule has 0 fully saturated rings. The van der Waals surface area contributed by atoms with E-state index in [1.54, 1.807) is 0 Å². The van der Waals surface area contributed by atoms with Gasteiger partial charge in [-0.25, -0.2) is 13.1 Å². The summed E-state index contributed by atoms with van der Waals surface area (Å²) < 4.78 is 23.6. The lowest BCUT2D eigenvalue weighted by atomic mass is 10.3. The molecule has 0 aliphatic carbocycles. The van der Waals surface area contributed by atoms with Gasteiger partial charge in [-0.1, -0.05) is 0 Å². The zero-order valence-electron chi connectivity index (χ0n) is 6.53. The van der Waals surface area contributed by atoms with Crippen molar-refractivity contribution in [1.82, 2.24) is 14.9 Å². The van der Waals surface area contributed by atoms with Crippen LogP contribution in [0.4, 0.5) is 5.82 Å². The summed E-state index contributed by atoms with van der Waals surface area (Å²) in [6, 6.07) is 0. The van der Waals surface area contributed by atoms with Gasteiger partial charge in [0.25, 0.3) is 0 Å². The second kappa shape index (κ2) is 3.11. The van der Waals surface area contributed by atoms with Gasteiger partial charge < -0.3 is 5.73 Å². The molecule has 0 aliphatic rings. The number of nitrogens with two attached hydrogens (primary N) is 1. The van der Waals surface area contributed by atoms with Crippen LogP contribution in [0.1, 0.15) is 5.56 Å². The minimum absolute atomic E-state index is 0.168. The van der Waals surface area contributed by atoms with Gasteiger partial charge in [-0.2, -0.15) is 5.10 Å². The molecule has 12 heavy (non-hydrogen) atoms. The van der Waals surface area contributed by atoms with E-state index in [1.165, 1.54) is 6.20 Å². The van der Waals surface area contributed by atoms with Crippen LogP contribution in [0.15, 0.2) is 6.20 Å². The summed E-state index contributed by atoms with van der Waals surface area (Å²) in [6.07, 6.45) is 2.57. The maximum absolute atomic E-state index is 10.7. The number of aromatic nitrogens is 2. The van der Waals surface area contributed by atoms with Crippen molar-refractivity contribution in [3.05, 3.63) is 11.8 Å². The number of nitrogens with zero attached hydrogens (tertiary/aromatic N) is 1. The monoisotopic (exact) mass is 190 g/mol. The summed E-state index contributed by atoms with van der Waals surface area (Å²) in [7, 11) is -3.16. The number of hydrogen-bond acceptors (Lipinski definition) is 4. The molecule has 0 spiro atoms. The molecule has 4 N–H and O–H groups in total. The largest absolute Gasteiger partial charge is 0.384 e. The zero-order valence-corrected chi connectivity index (χ0v) is 7.35. The van der Waals surface area contributed by atoms with Crippen molar-refractivity contribution in [2.75, 3.05) is 12.0 Å². The number of rotatable bonds is 3. The molecule has 0 aliphatic heterocycles. The Bertz CT molecular complexity index is 355. The highest BCUT2D eigenvalue weighted by molar-refractivity contribution is 7.88. The number of hydrogen-bond donors (Lipinski definition) is 3. The molecule has 0 amide bonds. The fourth-order valence-corrected chi connectivity index (χ4v) is 1.09. The van der Waals surface area contributed by atoms with Crippen molar-refractivity contribution in [3.8, 4) is 0 Å². The number of H-pyrrole nitrogens is 1. The molecule has 0 unspecified atom stereocenters. The molecular weight excluding hydrogens is 180 g/mol. The average molecular weight is 190 g/mol. The SMILES string of the molecule is CS(=O)(=O)NCc1cn[nH]c1N. The van der Waals surface area contributed by atoms with Crippen LogP contribution in [-0.2, 0) is 16.6 Å². The number of nitrogen functional groups attached to an aromatic ring is 1. The Labute approximate surface area is 70.2 Å². The lowest BCUT2D eigenvalue weighted by molar-refractivity contribution is 0.587. The second-order valence-electron chi connectivity index (χ2n) is 2.40. The molecule has 1 heterocycles. The van der Waals surface area contributed by atoms with Crippen molar-refractivity contribution in [2.45, 2.75) is 6.54 Å². The molecule has 0 bridgehead atoms. The molecule has 1 aromatic rings. The third-order valence-electron chi connectivity index (χ3n) is 1.28. The van der Waals surface area contributed by atoms with Crippen LogP contribution in [0.25, 0.3) is 0 Å². The number of nitrogens with one attached hydrogen (secondary N) is 2. The van der Waals surface area contributed by atoms with Gasteiger partial charge in [-0.15, -0.1) is 0 Å². The van der Waals surface area contributed by atoms with E-state index in [9.17, 15) is 8.42 Å². The van der Waals surface area contributed by atoms with Gasteiger partial charge in [0, 0.05) is 12.1 Å². The smallest absolute Gasteiger partial charge is 0.209 e. The Hall–Kier alpha value is -1.08. The first kappa shape index (κ1) is 9.01. The van der Waals surface area contributed by atoms with Crippen LogP contribution >= 0.6 is 0 Å². The topological polar surface area (TPSA) is 101 Å². The maximum atomic E-state index is 10.7. The Kier molecular flexibility index (Phi) is 2.34. The number of aromatic amines is 1. The van der Waals surface area contributed by atoms with E-state index in [0.717, 1.165) is 6.26 Å². The minimum Gasteiger partial charge on any atom is -0.384 e. The van der Waals surface area contributed by atoms with Gasteiger partial charge in [0.15, 0.2) is 0 Å². The van der Waals surface area contributed by atoms with Gasteiger partial charge >= 0.3 is 0 Å². The molecule has 0 radical (unpaired) electrons. The first-order valence-electron chi connectivity index (χ1n) is 3.21. The highest BCUT2D eigenvalue weighted by Gasteiger charge is 2.04. The molecule has 0 saturated heterocycles. The van der Waals surface area contributed by atoms with E-state index < -0.39 is 10.0 Å². The van der Waals surface area contributed by atoms with E-state index in [1.807, 2.05) is 0 Å². The lowest BCUT2D eigenvalue weighted by Crippen LogP contribution is -2.21. The second-order valence-corrected chi connectivity index (χ2v) is 4.24. The van der Waals surface area contributed by atoms with Crippen LogP contribution in [0.5, 0.6) is 0 Å². The zero-order chi connectivity index (χ0) is 9.19. The summed E-state index contributed by atoms with van der Waals surface area (Å²) in [6.45, 7) is 0.168. The predicted molar refractivity (Wildman–Crippen MR) is 44.7 cm³/mol. The normalized spacial score (nSPS) is 11.8. The van der Waals surface area contributed by atoms with Crippen molar-refractivity contribution in [3.63, 3.8) is 0 Å². The average Bonchev–Trinajstić information content (AvgIpc) is 2.29. The molecule has 0 saturated carbocycles. The fourth-order valence-electron chi connectivity index (χ4n) is 0.671. The van der Waals surface area contributed by atoms with Crippen LogP contribution in [0.2, 0.25) is 0 Å². The first-order chi connectivity index (χ1) is 5.49. The summed E-state index contributed by atoms with van der Waals surface area (Å²) >= 11 is 0. The van der Waals surface area contributed by atoms with E-state index in [0.29, 0.717) is 11.4 Å². The van der Waals surface area contributed by atoms with Gasteiger partial charge in [0.05, 0.1) is 12.5 Å². The highest BCUT2D eigenvalue weighted by Crippen LogP contribution is 2.04. The highest BCUT2D eigenvalue weighted by atomic mass is 32.2. The Morgan fingerprint density at radius 2 is 2.42 bits per heavy atom. The Morgan fingerprint density at radius 3 is 2.83 bits per heavy atom. The van der Waals surface area contributed by atoms with Crippen molar-refractivity contribution in [2.24, 2.45) is 0 Å². The van der Waals surface area contributed by atoms with Gasteiger partial charge in [-0.05, 0) is 0 Å². The lowest BCUT2D eigenvalue weighted by Gasteiger charge is -1.99. The van der Waals surface area contributed by atoms with Crippen LogP contribution in [0.3, 0.4) is 0 Å². The molecular formula is C5H10N4O2S. The third-order valence-corrected chi connectivity index (χ3v) is 1.94. The first-order valence-corrected chi connectivity index (χ1v) is 5.10. The molecule has 6 nitrogen and oxygen atoms in total. The molecule has 7 heteroatoms. The summed E-state index contributed by atoms with van der Waals surface area (Å²) in [5.41, 5.74) is 6.06. The standard InChI is InChI=1S/C5H10N4O2S/c1-12(10,11)8-3-4-2-7-9-5(4)6/h2,8H,3H2,1H3,(H3,6,7,9). The van der Waals surface area contributed by atoms with E-state index >= 15 is 0 Å². The van der Waals surface area contributed by atoms with Gasteiger partial charge in [0.1, 0.15) is 5.82 Å². The molecule has 68 valence electrons. The van der Waals surface area contributed by atoms with Crippen molar-refractivity contribution < 1.29 is 8.42 Å². The molecule has 0 aromatic carbocycles. The van der Waals surface area contributed by atoms with Crippen molar-refractivity contribution in [1.29, 1.82) is 0 Å². The van der Waals surface area contributed by atoms with E-state index in [4.69, 9.17) is 5.73 Å². The van der Waals surface area contributed by atoms with E-state index in [2.05, 4.69) is 14.9 Å². The number of anilines is 1. The van der Waals surface area contributed by atoms with Gasteiger partial charge in [0.2, 0.25) is 10.0 Å². The molecule has 1 aromatic heterocycles. The van der Waals surface area contributed by atoms with E-state index in [-0.39, 0.29) is 6.54 Å². The van der Waals surface area contributed by atoms with Crippen LogP contribution < -0.4 is 10.5 Å². The molecule has 0 atom stereocenters. The summed E-state index contributed by atoms with van der Waals surface area (Å²) in [5, 5.41) is 6.14. The Morgan fingerprint density at radius 1 is 1.75 bits per heavy atom. The fraction of sp³-hybridized carbons (Fsp3) is 0.400. The third kappa shape index (κ3) is 2.51. The quantitative estimate of drug-likeness (QED) is 0.571.